The van der Waals surface area contributed by atoms with Gasteiger partial charge in [0, 0.05) is 18.2 Å². The van der Waals surface area contributed by atoms with Crippen molar-refractivity contribution in [1.29, 1.82) is 5.26 Å². The van der Waals surface area contributed by atoms with Crippen molar-refractivity contribution in [2.45, 2.75) is 65.1 Å². The molecule has 1 saturated carbocycles. The van der Waals surface area contributed by atoms with Crippen LogP contribution in [0.15, 0.2) is 27.8 Å². The summed E-state index contributed by atoms with van der Waals surface area (Å²) in [6.45, 7) is 4.09. The molecule has 0 radical (unpaired) electrons. The molecule has 3 aromatic rings. The Bertz CT molecular complexity index is 1300. The van der Waals surface area contributed by atoms with Crippen molar-refractivity contribution >= 4 is 22.6 Å². The third-order valence-corrected chi connectivity index (χ3v) is 5.75. The molecule has 162 valence electrons. The number of fused-ring (bicyclic) bond motifs is 3. The molecule has 1 aromatic carbocycles. The molecule has 1 fully saturated rings. The summed E-state index contributed by atoms with van der Waals surface area (Å²) >= 11 is 0. The molecule has 1 aliphatic carbocycles. The molecule has 0 unspecified atom stereocenters. The molecule has 0 aliphatic heterocycles. The van der Waals surface area contributed by atoms with Crippen LogP contribution >= 0.6 is 0 Å². The van der Waals surface area contributed by atoms with Crippen molar-refractivity contribution in [3.63, 3.8) is 0 Å². The Balaban J connectivity index is 1.89. The molecule has 9 nitrogen and oxygen atoms in total. The summed E-state index contributed by atoms with van der Waals surface area (Å²) in [6.07, 6.45) is 5.32. The van der Waals surface area contributed by atoms with Crippen LogP contribution in [-0.2, 0) is 13.1 Å². The van der Waals surface area contributed by atoms with Crippen LogP contribution in [0.4, 0.5) is 0 Å². The van der Waals surface area contributed by atoms with Crippen molar-refractivity contribution in [2.75, 3.05) is 0 Å². The molecule has 1 N–H and O–H groups in total. The van der Waals surface area contributed by atoms with Gasteiger partial charge in [0.1, 0.15) is 6.54 Å². The van der Waals surface area contributed by atoms with Gasteiger partial charge in [-0.15, -0.1) is 5.10 Å². The number of carbonyl (C=O) groups is 1. The number of nitrogens with one attached hydrogen (secondary N) is 1. The number of amides is 1. The van der Waals surface area contributed by atoms with E-state index in [4.69, 9.17) is 5.26 Å². The predicted octanol–water partition coefficient (Wildman–Crippen LogP) is 2.05. The fraction of sp³-hybridized carbons (Fsp3) is 0.500. The average molecular weight is 422 g/mol. The quantitative estimate of drug-likeness (QED) is 0.676. The second-order valence-electron chi connectivity index (χ2n) is 8.58. The third-order valence-electron chi connectivity index (χ3n) is 5.75. The van der Waals surface area contributed by atoms with Crippen molar-refractivity contribution in [2.24, 2.45) is 5.92 Å². The van der Waals surface area contributed by atoms with Gasteiger partial charge in [-0.05, 0) is 37.0 Å². The minimum Gasteiger partial charge on any atom is -0.349 e. The lowest BCUT2D eigenvalue weighted by Gasteiger charge is -2.22. The number of hydrogen-bond acceptors (Lipinski definition) is 5. The molecule has 4 rings (SSSR count). The van der Waals surface area contributed by atoms with Gasteiger partial charge in [0.15, 0.2) is 0 Å². The largest absolute Gasteiger partial charge is 0.353 e. The van der Waals surface area contributed by atoms with Gasteiger partial charge in [0.05, 0.1) is 17.0 Å². The molecule has 0 saturated heterocycles. The van der Waals surface area contributed by atoms with E-state index in [2.05, 4.69) is 10.4 Å². The van der Waals surface area contributed by atoms with Crippen molar-refractivity contribution < 1.29 is 4.79 Å². The second kappa shape index (κ2) is 8.38. The fourth-order valence-corrected chi connectivity index (χ4v) is 4.27. The van der Waals surface area contributed by atoms with Gasteiger partial charge in [-0.25, -0.2) is 9.20 Å². The Morgan fingerprint density at radius 2 is 2.00 bits per heavy atom. The van der Waals surface area contributed by atoms with Crippen molar-refractivity contribution in [1.82, 2.24) is 24.1 Å². The molecule has 0 spiro atoms. The first kappa shape index (κ1) is 20.8. The summed E-state index contributed by atoms with van der Waals surface area (Å²) in [5.74, 6) is 0.109. The van der Waals surface area contributed by atoms with E-state index in [0.717, 1.165) is 30.4 Å². The Morgan fingerprint density at radius 3 is 2.68 bits per heavy atom. The number of hydrogen-bond donors (Lipinski definition) is 1. The first-order valence-electron chi connectivity index (χ1n) is 10.7. The number of aromatic nitrogens is 4. The summed E-state index contributed by atoms with van der Waals surface area (Å²) in [6, 6.07) is 6.86. The zero-order valence-electron chi connectivity index (χ0n) is 17.8. The lowest BCUT2D eigenvalue weighted by atomic mass is 9.95. The summed E-state index contributed by atoms with van der Waals surface area (Å²) in [5, 5.41) is 16.7. The number of benzene rings is 1. The monoisotopic (exact) mass is 422 g/mol. The first-order valence-corrected chi connectivity index (χ1v) is 10.7. The minimum absolute atomic E-state index is 0.149. The van der Waals surface area contributed by atoms with E-state index in [9.17, 15) is 14.4 Å². The molecule has 9 heteroatoms. The van der Waals surface area contributed by atoms with E-state index < -0.39 is 5.69 Å². The van der Waals surface area contributed by atoms with Crippen LogP contribution < -0.4 is 16.6 Å². The Morgan fingerprint density at radius 1 is 1.26 bits per heavy atom. The molecule has 2 aromatic heterocycles. The lowest BCUT2D eigenvalue weighted by molar-refractivity contribution is 0.0928. The topological polar surface area (TPSA) is 114 Å². The highest BCUT2D eigenvalue weighted by atomic mass is 16.2. The maximum absolute atomic E-state index is 13.2. The zero-order chi connectivity index (χ0) is 22.1. The highest BCUT2D eigenvalue weighted by Gasteiger charge is 2.21. The summed E-state index contributed by atoms with van der Waals surface area (Å²) in [7, 11) is 0. The third kappa shape index (κ3) is 3.85. The maximum atomic E-state index is 13.2. The van der Waals surface area contributed by atoms with Crippen LogP contribution in [0.5, 0.6) is 0 Å². The molecule has 0 atom stereocenters. The molecule has 2 heterocycles. The molecular weight excluding hydrogens is 396 g/mol. The number of rotatable bonds is 5. The normalized spacial score (nSPS) is 14.9. The Labute approximate surface area is 178 Å². The smallest absolute Gasteiger partial charge is 0.349 e. The second-order valence-corrected chi connectivity index (χ2v) is 8.58. The van der Waals surface area contributed by atoms with Gasteiger partial charge in [-0.3, -0.25) is 14.2 Å². The van der Waals surface area contributed by atoms with Crippen LogP contribution in [0.2, 0.25) is 0 Å². The number of nitriles is 1. The molecular formula is C22H26N6O3. The van der Waals surface area contributed by atoms with Crippen LogP contribution in [0, 0.1) is 17.2 Å². The summed E-state index contributed by atoms with van der Waals surface area (Å²) in [4.78, 5) is 39.0. The zero-order valence-corrected chi connectivity index (χ0v) is 17.8. The van der Waals surface area contributed by atoms with Gasteiger partial charge >= 0.3 is 5.69 Å². The van der Waals surface area contributed by atoms with Gasteiger partial charge < -0.3 is 5.32 Å². The van der Waals surface area contributed by atoms with E-state index in [1.54, 1.807) is 18.2 Å². The fourth-order valence-electron chi connectivity index (χ4n) is 4.27. The van der Waals surface area contributed by atoms with Crippen LogP contribution in [0.3, 0.4) is 0 Å². The van der Waals surface area contributed by atoms with Crippen molar-refractivity contribution in [3.05, 3.63) is 44.6 Å². The minimum atomic E-state index is -0.510. The van der Waals surface area contributed by atoms with E-state index in [-0.39, 0.29) is 35.7 Å². The van der Waals surface area contributed by atoms with Crippen LogP contribution in [-0.4, -0.2) is 30.7 Å². The highest BCUT2D eigenvalue weighted by molar-refractivity contribution is 5.98. The van der Waals surface area contributed by atoms with E-state index in [1.807, 2.05) is 19.9 Å². The van der Waals surface area contributed by atoms with Gasteiger partial charge in [-0.2, -0.15) is 9.94 Å². The molecule has 31 heavy (non-hydrogen) atoms. The Kier molecular flexibility index (Phi) is 5.63. The molecule has 1 aliphatic rings. The van der Waals surface area contributed by atoms with E-state index >= 15 is 0 Å². The van der Waals surface area contributed by atoms with Crippen molar-refractivity contribution in [3.8, 4) is 6.07 Å². The van der Waals surface area contributed by atoms with Crippen LogP contribution in [0.1, 0.15) is 56.3 Å². The number of carbonyl (C=O) groups excluding carboxylic acids is 1. The lowest BCUT2D eigenvalue weighted by Crippen LogP contribution is -2.36. The van der Waals surface area contributed by atoms with Gasteiger partial charge in [-0.1, -0.05) is 33.1 Å². The first-order chi connectivity index (χ1) is 14.9. The predicted molar refractivity (Wildman–Crippen MR) is 116 cm³/mol. The van der Waals surface area contributed by atoms with E-state index in [1.165, 1.54) is 15.4 Å². The standard InChI is InChI=1S/C22H26N6O3/c1-14(2)13-26-20(30)17-9-8-15(19(29)24-16-6-4-3-5-7-16)12-18(17)28-21(26)25-27(11-10-23)22(28)31/h8-9,12,14,16H,3-7,11,13H2,1-2H3,(H,24,29). The van der Waals surface area contributed by atoms with Gasteiger partial charge in [0.25, 0.3) is 11.5 Å². The molecule has 1 amide bonds. The average Bonchev–Trinajstić information content (AvgIpc) is 3.08. The Hall–Kier alpha value is -3.41. The molecule has 0 bridgehead atoms. The van der Waals surface area contributed by atoms with Crippen LogP contribution in [0.25, 0.3) is 16.7 Å². The van der Waals surface area contributed by atoms with E-state index in [0.29, 0.717) is 23.0 Å². The highest BCUT2D eigenvalue weighted by Crippen LogP contribution is 2.19. The van der Waals surface area contributed by atoms with Gasteiger partial charge in [0.2, 0.25) is 5.78 Å². The number of nitrogens with zero attached hydrogens (tertiary/aromatic N) is 5. The maximum Gasteiger partial charge on any atom is 0.353 e. The SMILES string of the molecule is CC(C)Cn1c(=O)c2ccc(C(=O)NC3CCCCC3)cc2n2c(=O)n(CC#N)nc12. The summed E-state index contributed by atoms with van der Waals surface area (Å²) < 4.78 is 3.83. The summed E-state index contributed by atoms with van der Waals surface area (Å²) in [5.41, 5.74) is -0.0701.